The first-order chi connectivity index (χ1) is 1.41. The quantitative estimate of drug-likeness (QED) is 0.517. The van der Waals surface area contributed by atoms with Crippen molar-refractivity contribution in [2.24, 2.45) is 0 Å². The Morgan fingerprint density at radius 3 is 1.20 bits per heavy atom. The van der Waals surface area contributed by atoms with Crippen LogP contribution in [0.4, 0.5) is 0 Å². The average molecular weight is 164 g/mol. The van der Waals surface area contributed by atoms with E-state index < -0.39 is 0 Å². The minimum atomic E-state index is 0. The molecule has 0 aliphatic carbocycles. The van der Waals surface area contributed by atoms with Crippen molar-refractivity contribution >= 4 is 20.3 Å². The topological polar surface area (TPSA) is 65.0 Å². The Hall–Kier alpha value is 1.01. The Morgan fingerprint density at radius 2 is 1.20 bits per heavy atom. The molecule has 0 rings (SSSR count). The monoisotopic (exact) mass is 163 g/mol. The number of halogens is 2. The Kier molecular flexibility index (Phi) is 66.5. The van der Waals surface area contributed by atoms with E-state index in [0.717, 1.165) is 0 Å². The Balaban J connectivity index is -0.0000000200. The summed E-state index contributed by atoms with van der Waals surface area (Å²) in [6.07, 6.45) is 0. The number of hydrogen-bond acceptors (Lipinski definition) is 0. The Labute approximate surface area is 45.2 Å². The van der Waals surface area contributed by atoms with E-state index in [1.165, 1.54) is 0 Å². The van der Waals surface area contributed by atoms with Crippen LogP contribution in [0.2, 0.25) is 0 Å². The van der Waals surface area contributed by atoms with Crippen molar-refractivity contribution in [2.75, 3.05) is 0 Å². The molecule has 0 aromatic heterocycles. The summed E-state index contributed by atoms with van der Waals surface area (Å²) >= 11 is 0.382. The predicted molar refractivity (Wildman–Crippen MR) is 20.6 cm³/mol. The molecule has 0 aromatic carbocycles. The van der Waals surface area contributed by atoms with E-state index in [1.807, 2.05) is 0 Å². The predicted octanol–water partition coefficient (Wildman–Crippen LogP) is 1.27. The van der Waals surface area contributed by atoms with Crippen LogP contribution in [0.5, 0.6) is 0 Å². The van der Waals surface area contributed by atoms with Crippen LogP contribution in [0.3, 0.4) is 0 Å². The third kappa shape index (κ3) is 44.7. The summed E-state index contributed by atoms with van der Waals surface area (Å²) in [5, 5.41) is 0. The minimum absolute atomic E-state index is 0. The van der Waals surface area contributed by atoms with Gasteiger partial charge in [-0.05, 0) is 0 Å². The third-order valence-electron chi connectivity index (χ3n) is 0. The number of hydrogen-bond donors (Lipinski definition) is 0. The van der Waals surface area contributed by atoms with Crippen LogP contribution in [0.15, 0.2) is 0 Å². The molecule has 0 bridgehead atoms. The molecule has 0 heterocycles. The van der Waals surface area contributed by atoms with Crippen LogP contribution in [-0.2, 0) is 12.9 Å². The van der Waals surface area contributed by atoms with Crippen molar-refractivity contribution in [3.8, 4) is 0 Å². The standard InChI is InChI=1S/2ClH.Co.H2N.H2O/h2*1H;;2*1H2/q;;+3;-1;/p-2. The van der Waals surface area contributed by atoms with Gasteiger partial charge in [-0.25, -0.2) is 0 Å². The second kappa shape index (κ2) is 20.0. The molecule has 5 heavy (non-hydrogen) atoms. The minimum Gasteiger partial charge on any atom is -0.693 e. The zero-order chi connectivity index (χ0) is 2.71. The van der Waals surface area contributed by atoms with Crippen molar-refractivity contribution in [1.82, 2.24) is 0 Å². The third-order valence-corrected chi connectivity index (χ3v) is 0. The van der Waals surface area contributed by atoms with E-state index >= 15 is 0 Å². The maximum atomic E-state index is 4.73. The molecule has 0 amide bonds. The van der Waals surface area contributed by atoms with Gasteiger partial charge in [0.15, 0.2) is 0 Å². The zero-order valence-corrected chi connectivity index (χ0v) is 4.72. The molecule has 4 N–H and O–H groups in total. The van der Waals surface area contributed by atoms with Crippen LogP contribution in [0.1, 0.15) is 0 Å². The van der Waals surface area contributed by atoms with Crippen molar-refractivity contribution in [1.29, 1.82) is 0 Å². The van der Waals surface area contributed by atoms with E-state index in [0.29, 0.717) is 12.9 Å². The molecule has 0 saturated carbocycles. The second-order valence-corrected chi connectivity index (χ2v) is 1.77. The fourth-order valence-electron chi connectivity index (χ4n) is 0. The fourth-order valence-corrected chi connectivity index (χ4v) is 0. The summed E-state index contributed by atoms with van der Waals surface area (Å²) in [5.41, 5.74) is 0. The molecule has 38 valence electrons. The van der Waals surface area contributed by atoms with E-state index in [2.05, 4.69) is 0 Å². The van der Waals surface area contributed by atoms with Gasteiger partial charge < -0.3 is 11.6 Å². The summed E-state index contributed by atoms with van der Waals surface area (Å²) in [7, 11) is 9.47. The maximum Gasteiger partial charge on any atom is -0.693 e. The van der Waals surface area contributed by atoms with Gasteiger partial charge in [0.25, 0.3) is 0 Å². The van der Waals surface area contributed by atoms with Crippen molar-refractivity contribution in [3.05, 3.63) is 6.15 Å². The molecule has 5 heteroatoms. The normalized spacial score (nSPS) is 4.40. The zero-order valence-electron chi connectivity index (χ0n) is 2.17. The summed E-state index contributed by atoms with van der Waals surface area (Å²) in [5.74, 6) is 0. The average Bonchev–Trinajstić information content (AvgIpc) is 0.918. The first-order valence-electron chi connectivity index (χ1n) is 0.252. The van der Waals surface area contributed by atoms with Crippen LogP contribution < -0.4 is 0 Å². The van der Waals surface area contributed by atoms with Gasteiger partial charge in [0.2, 0.25) is 0 Å². The van der Waals surface area contributed by atoms with Crippen LogP contribution >= 0.6 is 20.3 Å². The Bertz CT molecular complexity index is 9.61. The molecule has 0 aliphatic rings. The van der Waals surface area contributed by atoms with Crippen LogP contribution in [-0.4, -0.2) is 5.48 Å². The van der Waals surface area contributed by atoms with E-state index in [-0.39, 0.29) is 11.6 Å². The smallest absolute Gasteiger partial charge is 0.693 e. The fraction of sp³-hybridized carbons (Fsp3) is 0. The number of rotatable bonds is 0. The van der Waals surface area contributed by atoms with E-state index in [9.17, 15) is 0 Å². The largest absolute Gasteiger partial charge is 0.693 e. The summed E-state index contributed by atoms with van der Waals surface area (Å²) in [4.78, 5) is 0. The molecule has 0 radical (unpaired) electrons. The summed E-state index contributed by atoms with van der Waals surface area (Å²) < 4.78 is 0. The SMILES string of the molecule is O.[Cl][Co+][Cl].[NH2-]. The second-order valence-electron chi connectivity index (χ2n) is 0.0476. The molecule has 0 aromatic rings. The number of nitrogens with two attached hydrogens (primary N) is 1. The molecule has 2 nitrogen and oxygen atoms in total. The van der Waals surface area contributed by atoms with Gasteiger partial charge in [0.1, 0.15) is 0 Å². The van der Waals surface area contributed by atoms with Gasteiger partial charge in [0, 0.05) is 0 Å². The Morgan fingerprint density at radius 1 is 1.20 bits per heavy atom. The van der Waals surface area contributed by atoms with Crippen molar-refractivity contribution in [3.63, 3.8) is 0 Å². The van der Waals surface area contributed by atoms with Gasteiger partial charge in [-0.2, -0.15) is 0 Å². The molecule has 0 aliphatic heterocycles. The van der Waals surface area contributed by atoms with Crippen LogP contribution in [0, 0.1) is 0 Å². The molecular formula is H4Cl2CoNO. The van der Waals surface area contributed by atoms with Crippen LogP contribution in [0.25, 0.3) is 6.15 Å². The van der Waals surface area contributed by atoms with Gasteiger partial charge in [-0.1, -0.05) is 0 Å². The molecular weight excluding hydrogens is 160 g/mol. The van der Waals surface area contributed by atoms with Gasteiger partial charge >= 0.3 is 33.2 Å². The van der Waals surface area contributed by atoms with Gasteiger partial charge in [-0.3, -0.25) is 0 Å². The molecule has 0 saturated heterocycles. The van der Waals surface area contributed by atoms with Crippen molar-refractivity contribution < 1.29 is 18.4 Å². The maximum absolute atomic E-state index is 4.73. The van der Waals surface area contributed by atoms with Gasteiger partial charge in [0.05, 0.1) is 0 Å². The molecule has 0 atom stereocenters. The van der Waals surface area contributed by atoms with E-state index in [4.69, 9.17) is 20.3 Å². The molecule has 0 fully saturated rings. The van der Waals surface area contributed by atoms with Gasteiger partial charge in [-0.15, -0.1) is 0 Å². The van der Waals surface area contributed by atoms with Crippen molar-refractivity contribution in [2.45, 2.75) is 0 Å². The summed E-state index contributed by atoms with van der Waals surface area (Å²) in [6.45, 7) is 0. The molecule has 0 unspecified atom stereocenters. The first-order valence-corrected chi connectivity index (χ1v) is 3.12. The first kappa shape index (κ1) is 16.7. The molecule has 0 spiro atoms. The van der Waals surface area contributed by atoms with E-state index in [1.54, 1.807) is 0 Å². The summed E-state index contributed by atoms with van der Waals surface area (Å²) in [6, 6.07) is 0.